The molecule has 1 heterocycles. The number of aliphatic carboxylic acids is 1. The standard InChI is InChI=1S/C23H17ClN2O5/c24-16-9-5-14(6-10-16)13-25-21(15-7-11-17(12-8-15)26(30)31)20(23(28)29)18-3-1-2-4-19(18)22(25)27/h1-12,20-21H,13H2,(H,28,29)/t20-,21+/m0/s1. The molecule has 31 heavy (non-hydrogen) atoms. The molecule has 0 saturated heterocycles. The van der Waals surface area contributed by atoms with Crippen molar-refractivity contribution in [2.24, 2.45) is 0 Å². The van der Waals surface area contributed by atoms with Crippen LogP contribution in [-0.4, -0.2) is 26.8 Å². The van der Waals surface area contributed by atoms with Crippen LogP contribution in [0.5, 0.6) is 0 Å². The van der Waals surface area contributed by atoms with Gasteiger partial charge in [-0.2, -0.15) is 0 Å². The third-order valence-corrected chi connectivity index (χ3v) is 5.67. The van der Waals surface area contributed by atoms with E-state index in [1.54, 1.807) is 48.5 Å². The second-order valence-electron chi connectivity index (χ2n) is 7.26. The SMILES string of the molecule is O=C(O)[C@H]1c2ccccc2C(=O)N(Cc2ccc(Cl)cc2)[C@@H]1c1ccc([N+](=O)[O-])cc1. The summed E-state index contributed by atoms with van der Waals surface area (Å²) >= 11 is 5.97. The average Bonchev–Trinajstić information content (AvgIpc) is 2.76. The first-order valence-electron chi connectivity index (χ1n) is 9.48. The fraction of sp³-hybridized carbons (Fsp3) is 0.130. The molecule has 8 heteroatoms. The van der Waals surface area contributed by atoms with Gasteiger partial charge in [0, 0.05) is 29.3 Å². The highest BCUT2D eigenvalue weighted by Gasteiger charge is 2.44. The molecule has 0 spiro atoms. The molecule has 0 aromatic heterocycles. The van der Waals surface area contributed by atoms with Gasteiger partial charge in [-0.25, -0.2) is 0 Å². The fourth-order valence-corrected chi connectivity index (χ4v) is 4.11. The monoisotopic (exact) mass is 436 g/mol. The average molecular weight is 437 g/mol. The summed E-state index contributed by atoms with van der Waals surface area (Å²) in [4.78, 5) is 37.8. The van der Waals surface area contributed by atoms with E-state index in [2.05, 4.69) is 0 Å². The molecule has 1 N–H and O–H groups in total. The van der Waals surface area contributed by atoms with Crippen LogP contribution >= 0.6 is 11.6 Å². The molecule has 3 aromatic rings. The van der Waals surface area contributed by atoms with Crippen LogP contribution in [-0.2, 0) is 11.3 Å². The van der Waals surface area contributed by atoms with Crippen molar-refractivity contribution in [3.63, 3.8) is 0 Å². The first kappa shape index (κ1) is 20.6. The number of nitrogens with zero attached hydrogens (tertiary/aromatic N) is 2. The predicted molar refractivity (Wildman–Crippen MR) is 114 cm³/mol. The summed E-state index contributed by atoms with van der Waals surface area (Å²) in [5.41, 5.74) is 1.95. The van der Waals surface area contributed by atoms with Crippen molar-refractivity contribution in [1.82, 2.24) is 4.90 Å². The molecule has 1 aliphatic rings. The molecule has 0 radical (unpaired) electrons. The molecule has 7 nitrogen and oxygen atoms in total. The number of hydrogen-bond acceptors (Lipinski definition) is 4. The lowest BCUT2D eigenvalue weighted by Crippen LogP contribution is -2.44. The smallest absolute Gasteiger partial charge is 0.313 e. The van der Waals surface area contributed by atoms with E-state index in [9.17, 15) is 24.8 Å². The number of fused-ring (bicyclic) bond motifs is 1. The first-order valence-corrected chi connectivity index (χ1v) is 9.86. The van der Waals surface area contributed by atoms with Crippen LogP contribution in [0.1, 0.15) is 39.0 Å². The summed E-state index contributed by atoms with van der Waals surface area (Å²) in [5.74, 6) is -2.40. The van der Waals surface area contributed by atoms with Crippen LogP contribution in [0.25, 0.3) is 0 Å². The van der Waals surface area contributed by atoms with Crippen molar-refractivity contribution in [2.75, 3.05) is 0 Å². The van der Waals surface area contributed by atoms with Gasteiger partial charge in [0.1, 0.15) is 5.92 Å². The predicted octanol–water partition coefficient (Wildman–Crippen LogP) is 4.81. The molecule has 3 aromatic carbocycles. The lowest BCUT2D eigenvalue weighted by atomic mass is 9.79. The quantitative estimate of drug-likeness (QED) is 0.456. The molecule has 1 amide bonds. The molecule has 4 rings (SSSR count). The molecular weight excluding hydrogens is 420 g/mol. The van der Waals surface area contributed by atoms with Crippen LogP contribution in [0.2, 0.25) is 5.02 Å². The summed E-state index contributed by atoms with van der Waals surface area (Å²) in [7, 11) is 0. The van der Waals surface area contributed by atoms with Crippen LogP contribution in [0.3, 0.4) is 0 Å². The van der Waals surface area contributed by atoms with E-state index in [1.165, 1.54) is 29.2 Å². The molecule has 0 bridgehead atoms. The highest BCUT2D eigenvalue weighted by atomic mass is 35.5. The third kappa shape index (κ3) is 3.87. The van der Waals surface area contributed by atoms with Gasteiger partial charge in [-0.3, -0.25) is 19.7 Å². The zero-order chi connectivity index (χ0) is 22.1. The summed E-state index contributed by atoms with van der Waals surface area (Å²) < 4.78 is 0. The number of carboxylic acid groups (broad SMARTS) is 1. The molecule has 156 valence electrons. The topological polar surface area (TPSA) is 101 Å². The van der Waals surface area contributed by atoms with E-state index in [-0.39, 0.29) is 18.1 Å². The second-order valence-corrected chi connectivity index (χ2v) is 7.69. The van der Waals surface area contributed by atoms with Gasteiger partial charge in [0.05, 0.1) is 11.0 Å². The van der Waals surface area contributed by atoms with Crippen molar-refractivity contribution in [3.8, 4) is 0 Å². The minimum absolute atomic E-state index is 0.109. The molecule has 0 aliphatic carbocycles. The zero-order valence-electron chi connectivity index (χ0n) is 16.1. The Morgan fingerprint density at radius 3 is 2.29 bits per heavy atom. The number of hydrogen-bond donors (Lipinski definition) is 1. The normalized spacial score (nSPS) is 17.8. The number of carbonyl (C=O) groups is 2. The summed E-state index contributed by atoms with van der Waals surface area (Å²) in [5, 5.41) is 21.7. The Hall–Kier alpha value is -3.71. The minimum Gasteiger partial charge on any atom is -0.481 e. The number of benzene rings is 3. The number of carboxylic acids is 1. The maximum Gasteiger partial charge on any atom is 0.313 e. The van der Waals surface area contributed by atoms with Crippen LogP contribution in [0.15, 0.2) is 72.8 Å². The summed E-state index contributed by atoms with van der Waals surface area (Å²) in [6.07, 6.45) is 0. The number of rotatable bonds is 5. The van der Waals surface area contributed by atoms with Crippen molar-refractivity contribution in [1.29, 1.82) is 0 Å². The molecular formula is C23H17ClN2O5. The van der Waals surface area contributed by atoms with E-state index in [4.69, 9.17) is 11.6 Å². The molecule has 2 atom stereocenters. The van der Waals surface area contributed by atoms with Gasteiger partial charge in [-0.1, -0.05) is 54.1 Å². The summed E-state index contributed by atoms with van der Waals surface area (Å²) in [6, 6.07) is 18.4. The molecule has 1 aliphatic heterocycles. The van der Waals surface area contributed by atoms with Crippen molar-refractivity contribution < 1.29 is 19.6 Å². The van der Waals surface area contributed by atoms with Crippen LogP contribution in [0, 0.1) is 10.1 Å². The maximum absolute atomic E-state index is 13.4. The summed E-state index contributed by atoms with van der Waals surface area (Å²) in [6.45, 7) is 0.162. The molecule has 0 saturated carbocycles. The van der Waals surface area contributed by atoms with Crippen molar-refractivity contribution in [2.45, 2.75) is 18.5 Å². The number of nitro groups is 1. The Kier molecular flexibility index (Phi) is 5.44. The second kappa shape index (κ2) is 8.20. The zero-order valence-corrected chi connectivity index (χ0v) is 16.9. The van der Waals surface area contributed by atoms with E-state index < -0.39 is 22.9 Å². The van der Waals surface area contributed by atoms with E-state index in [1.807, 2.05) is 0 Å². The van der Waals surface area contributed by atoms with Gasteiger partial charge >= 0.3 is 5.97 Å². The van der Waals surface area contributed by atoms with E-state index >= 15 is 0 Å². The highest BCUT2D eigenvalue weighted by Crippen LogP contribution is 2.43. The first-order chi connectivity index (χ1) is 14.9. The van der Waals surface area contributed by atoms with Gasteiger partial charge in [-0.05, 0) is 34.9 Å². The Morgan fingerprint density at radius 2 is 1.68 bits per heavy atom. The lowest BCUT2D eigenvalue weighted by Gasteiger charge is -2.41. The Balaban J connectivity index is 1.86. The number of non-ortho nitro benzene ring substituents is 1. The minimum atomic E-state index is -1.08. The molecule has 0 unspecified atom stereocenters. The lowest BCUT2D eigenvalue weighted by molar-refractivity contribution is -0.384. The van der Waals surface area contributed by atoms with Crippen molar-refractivity contribution >= 4 is 29.2 Å². The largest absolute Gasteiger partial charge is 0.481 e. The van der Waals surface area contributed by atoms with Crippen LogP contribution < -0.4 is 0 Å². The maximum atomic E-state index is 13.4. The van der Waals surface area contributed by atoms with Gasteiger partial charge in [0.2, 0.25) is 0 Å². The van der Waals surface area contributed by atoms with Crippen LogP contribution in [0.4, 0.5) is 5.69 Å². The van der Waals surface area contributed by atoms with Gasteiger partial charge in [-0.15, -0.1) is 0 Å². The number of amides is 1. The Morgan fingerprint density at radius 1 is 1.03 bits per heavy atom. The number of halogens is 1. The van der Waals surface area contributed by atoms with Gasteiger partial charge in [0.25, 0.3) is 11.6 Å². The molecule has 0 fully saturated rings. The highest BCUT2D eigenvalue weighted by molar-refractivity contribution is 6.30. The van der Waals surface area contributed by atoms with Gasteiger partial charge < -0.3 is 10.0 Å². The Labute approximate surface area is 182 Å². The third-order valence-electron chi connectivity index (χ3n) is 5.42. The van der Waals surface area contributed by atoms with Gasteiger partial charge in [0.15, 0.2) is 0 Å². The number of nitro benzene ring substituents is 1. The van der Waals surface area contributed by atoms with E-state index in [0.29, 0.717) is 21.7 Å². The van der Waals surface area contributed by atoms with Crippen molar-refractivity contribution in [3.05, 3.63) is 110 Å². The fourth-order valence-electron chi connectivity index (χ4n) is 3.98. The number of carbonyl (C=O) groups excluding carboxylic acids is 1. The Bertz CT molecular complexity index is 1160. The van der Waals surface area contributed by atoms with E-state index in [0.717, 1.165) is 5.56 Å².